The van der Waals surface area contributed by atoms with Crippen molar-refractivity contribution >= 4 is 28.5 Å². The molecule has 12 nitrogen and oxygen atoms in total. The summed E-state index contributed by atoms with van der Waals surface area (Å²) >= 11 is 0. The van der Waals surface area contributed by atoms with E-state index in [2.05, 4.69) is 25.5 Å². The lowest BCUT2D eigenvalue weighted by Crippen LogP contribution is -2.53. The minimum atomic E-state index is -1.33. The first-order valence-corrected chi connectivity index (χ1v) is 11.0. The van der Waals surface area contributed by atoms with Crippen LogP contribution in [0.2, 0.25) is 0 Å². The van der Waals surface area contributed by atoms with Gasteiger partial charge in [-0.2, -0.15) is 14.6 Å². The minimum Gasteiger partial charge on any atom is -0.461 e. The van der Waals surface area contributed by atoms with Gasteiger partial charge in [-0.25, -0.2) is 9.67 Å². The molecule has 35 heavy (non-hydrogen) atoms. The predicted molar refractivity (Wildman–Crippen MR) is 124 cm³/mol. The number of fused-ring (bicyclic) bond motifs is 3. The van der Waals surface area contributed by atoms with Crippen molar-refractivity contribution in [3.05, 3.63) is 60.5 Å². The van der Waals surface area contributed by atoms with Crippen molar-refractivity contribution in [2.45, 2.75) is 24.6 Å². The van der Waals surface area contributed by atoms with Crippen molar-refractivity contribution in [3.8, 4) is 11.6 Å². The van der Waals surface area contributed by atoms with Gasteiger partial charge in [0.2, 0.25) is 11.8 Å². The Kier molecular flexibility index (Phi) is 4.79. The largest absolute Gasteiger partial charge is 0.461 e. The molecule has 1 aromatic carbocycles. The van der Waals surface area contributed by atoms with Crippen molar-refractivity contribution < 1.29 is 19.1 Å². The lowest BCUT2D eigenvalue weighted by atomic mass is 9.90. The normalized spacial score (nSPS) is 19.8. The zero-order valence-corrected chi connectivity index (χ0v) is 18.7. The van der Waals surface area contributed by atoms with Crippen molar-refractivity contribution in [1.29, 1.82) is 0 Å². The van der Waals surface area contributed by atoms with Gasteiger partial charge in [0, 0.05) is 0 Å². The summed E-state index contributed by atoms with van der Waals surface area (Å²) < 4.78 is 13.7. The number of hydrogen-bond donors (Lipinski definition) is 3. The first-order chi connectivity index (χ1) is 17.0. The fourth-order valence-corrected chi connectivity index (χ4v) is 4.35. The highest BCUT2D eigenvalue weighted by Crippen LogP contribution is 2.32. The maximum atomic E-state index is 13.8. The molecule has 4 N–H and O–H groups in total. The monoisotopic (exact) mass is 474 g/mol. The second-order valence-electron chi connectivity index (χ2n) is 8.53. The number of aliphatic hydroxyl groups is 1. The van der Waals surface area contributed by atoms with E-state index in [-0.39, 0.29) is 25.1 Å². The predicted octanol–water partition coefficient (Wildman–Crippen LogP) is 0.956. The van der Waals surface area contributed by atoms with E-state index in [0.29, 0.717) is 33.8 Å². The number of nitrogens with two attached hydrogens (primary N) is 1. The topological polar surface area (TPSA) is 159 Å². The van der Waals surface area contributed by atoms with Crippen LogP contribution in [0.1, 0.15) is 12.5 Å². The summed E-state index contributed by atoms with van der Waals surface area (Å²) in [6.07, 6.45) is 2.32. The van der Waals surface area contributed by atoms with Crippen LogP contribution in [0.5, 0.6) is 0 Å². The van der Waals surface area contributed by atoms with Crippen LogP contribution < -0.4 is 11.1 Å². The Balaban J connectivity index is 1.53. The van der Waals surface area contributed by atoms with Crippen molar-refractivity contribution in [2.75, 3.05) is 18.9 Å². The second-order valence-corrected chi connectivity index (χ2v) is 8.53. The first-order valence-electron chi connectivity index (χ1n) is 11.0. The fourth-order valence-electron chi connectivity index (χ4n) is 4.35. The molecule has 178 valence electrons. The van der Waals surface area contributed by atoms with E-state index in [1.165, 1.54) is 15.5 Å². The van der Waals surface area contributed by atoms with Gasteiger partial charge < -0.3 is 25.3 Å². The number of carbonyl (C=O) groups is 1. The van der Waals surface area contributed by atoms with E-state index in [4.69, 9.17) is 14.9 Å². The Morgan fingerprint density at radius 1 is 1.17 bits per heavy atom. The molecule has 0 unspecified atom stereocenters. The van der Waals surface area contributed by atoms with Gasteiger partial charge >= 0.3 is 0 Å². The molecule has 5 heterocycles. The minimum absolute atomic E-state index is 0.0787. The van der Waals surface area contributed by atoms with E-state index >= 15 is 0 Å². The zero-order valence-electron chi connectivity index (χ0n) is 18.7. The lowest BCUT2D eigenvalue weighted by molar-refractivity contribution is -0.128. The number of rotatable bonds is 5. The zero-order chi connectivity index (χ0) is 24.2. The third kappa shape index (κ3) is 3.26. The number of amides is 1. The Hall–Kier alpha value is -4.29. The number of carbonyl (C=O) groups excluding carboxylic acids is 1. The molecular weight excluding hydrogens is 452 g/mol. The number of nitrogens with zero attached hydrogens (tertiary/aromatic N) is 6. The van der Waals surface area contributed by atoms with Crippen LogP contribution in [0.15, 0.2) is 59.3 Å². The number of ether oxygens (including phenoxy) is 1. The van der Waals surface area contributed by atoms with Crippen molar-refractivity contribution in [1.82, 2.24) is 34.7 Å². The van der Waals surface area contributed by atoms with Gasteiger partial charge in [0.05, 0.1) is 43.2 Å². The summed E-state index contributed by atoms with van der Waals surface area (Å²) in [5, 5.41) is 22.6. The average molecular weight is 474 g/mol. The number of hydrogen-bond acceptors (Lipinski definition) is 9. The first kappa shape index (κ1) is 21.3. The van der Waals surface area contributed by atoms with E-state index in [9.17, 15) is 9.90 Å². The van der Waals surface area contributed by atoms with Crippen LogP contribution in [0.3, 0.4) is 0 Å². The summed E-state index contributed by atoms with van der Waals surface area (Å²) in [7, 11) is 0. The highest BCUT2D eigenvalue weighted by molar-refractivity contribution is 5.94. The quantitative estimate of drug-likeness (QED) is 0.337. The molecule has 12 heteroatoms. The Labute approximate surface area is 198 Å². The number of anilines is 1. The standard InChI is InChI=1S/C23H22N8O4/c1-23(13-6-3-2-4-7-13,21(33)26-15-11-34-12-16(15)32)31-20-14(10-25-31)19-27-18(17-8-5-9-35-17)29-30(19)22(24)28-20/h2-10,15-16,32H,11-12H2,1H3,(H2,24,28)(H,26,33)/t15-,16-,23+/m0/s1. The lowest BCUT2D eigenvalue weighted by Gasteiger charge is -2.31. The third-order valence-electron chi connectivity index (χ3n) is 6.34. The highest BCUT2D eigenvalue weighted by Gasteiger charge is 2.42. The molecule has 0 saturated carbocycles. The Bertz CT molecular complexity index is 1530. The average Bonchev–Trinajstić information content (AvgIpc) is 3.66. The van der Waals surface area contributed by atoms with Gasteiger partial charge in [-0.05, 0) is 24.6 Å². The molecule has 1 aliphatic heterocycles. The molecule has 1 amide bonds. The van der Waals surface area contributed by atoms with Crippen LogP contribution >= 0.6 is 0 Å². The van der Waals surface area contributed by atoms with Gasteiger partial charge in [-0.1, -0.05) is 30.3 Å². The van der Waals surface area contributed by atoms with Crippen LogP contribution in [-0.2, 0) is 15.1 Å². The molecule has 1 aliphatic rings. The molecule has 3 atom stereocenters. The molecule has 5 aromatic rings. The maximum Gasteiger partial charge on any atom is 0.252 e. The summed E-state index contributed by atoms with van der Waals surface area (Å²) in [5.74, 6) is 0.540. The molecule has 6 rings (SSSR count). The summed E-state index contributed by atoms with van der Waals surface area (Å²) in [4.78, 5) is 22.9. The second kappa shape index (κ2) is 7.89. The van der Waals surface area contributed by atoms with Crippen molar-refractivity contribution in [2.24, 2.45) is 0 Å². The summed E-state index contributed by atoms with van der Waals surface area (Å²) in [6, 6.07) is 12.2. The van der Waals surface area contributed by atoms with Crippen LogP contribution in [0.4, 0.5) is 5.95 Å². The number of nitrogens with one attached hydrogen (secondary N) is 1. The van der Waals surface area contributed by atoms with E-state index in [0.717, 1.165) is 0 Å². The number of aliphatic hydroxyl groups excluding tert-OH is 1. The summed E-state index contributed by atoms with van der Waals surface area (Å²) in [6.45, 7) is 2.13. The van der Waals surface area contributed by atoms with Crippen LogP contribution in [-0.4, -0.2) is 65.7 Å². The van der Waals surface area contributed by atoms with Gasteiger partial charge in [-0.3, -0.25) is 4.79 Å². The van der Waals surface area contributed by atoms with Gasteiger partial charge in [0.15, 0.2) is 22.6 Å². The number of benzene rings is 1. The van der Waals surface area contributed by atoms with Crippen LogP contribution in [0, 0.1) is 0 Å². The third-order valence-corrected chi connectivity index (χ3v) is 6.34. The number of aromatic nitrogens is 6. The molecule has 1 saturated heterocycles. The smallest absolute Gasteiger partial charge is 0.252 e. The molecular formula is C23H22N8O4. The van der Waals surface area contributed by atoms with Crippen LogP contribution in [0.25, 0.3) is 28.3 Å². The molecule has 4 aromatic heterocycles. The summed E-state index contributed by atoms with van der Waals surface area (Å²) in [5.41, 5.74) is 6.39. The van der Waals surface area contributed by atoms with E-state index < -0.39 is 17.7 Å². The Morgan fingerprint density at radius 3 is 2.71 bits per heavy atom. The number of nitrogen functional groups attached to an aromatic ring is 1. The SMILES string of the molecule is C[C@](C(=O)N[C@H]1COC[C@@H]1O)(c1ccccc1)n1ncc2c1nc(N)n1nc(-c3ccco3)nc21. The van der Waals surface area contributed by atoms with Crippen molar-refractivity contribution in [3.63, 3.8) is 0 Å². The molecule has 0 radical (unpaired) electrons. The molecule has 0 aliphatic carbocycles. The van der Waals surface area contributed by atoms with E-state index in [1.807, 2.05) is 30.3 Å². The maximum absolute atomic E-state index is 13.8. The van der Waals surface area contributed by atoms with Gasteiger partial charge in [0.25, 0.3) is 5.91 Å². The molecule has 0 spiro atoms. The Morgan fingerprint density at radius 2 is 2.00 bits per heavy atom. The van der Waals surface area contributed by atoms with Gasteiger partial charge in [-0.15, -0.1) is 5.10 Å². The highest BCUT2D eigenvalue weighted by atomic mass is 16.5. The molecule has 0 bridgehead atoms. The van der Waals surface area contributed by atoms with Gasteiger partial charge in [0.1, 0.15) is 0 Å². The van der Waals surface area contributed by atoms with E-state index in [1.54, 1.807) is 25.3 Å². The molecule has 1 fully saturated rings. The fraction of sp³-hybridized carbons (Fsp3) is 0.261. The number of furan rings is 1.